The molecule has 0 saturated carbocycles. The molecule has 0 aliphatic heterocycles. The molecule has 8 heteroatoms. The number of carbonyl (C=O) groups is 1. The van der Waals surface area contributed by atoms with Crippen molar-refractivity contribution in [1.29, 1.82) is 0 Å². The van der Waals surface area contributed by atoms with Gasteiger partial charge in [0.25, 0.3) is 0 Å². The number of nitrogens with zero attached hydrogens (tertiary/aromatic N) is 4. The summed E-state index contributed by atoms with van der Waals surface area (Å²) in [6.07, 6.45) is 1.29. The number of halogens is 1. The molecule has 1 heterocycles. The Hall–Kier alpha value is -2.51. The van der Waals surface area contributed by atoms with Crippen LogP contribution < -0.4 is 11.1 Å². The van der Waals surface area contributed by atoms with Gasteiger partial charge in [0.1, 0.15) is 18.7 Å². The summed E-state index contributed by atoms with van der Waals surface area (Å²) in [4.78, 5) is 11.5. The predicted molar refractivity (Wildman–Crippen MR) is 57.3 cm³/mol. The van der Waals surface area contributed by atoms with Crippen molar-refractivity contribution in [2.75, 3.05) is 11.1 Å². The lowest BCUT2D eigenvalue weighted by Crippen LogP contribution is -2.19. The minimum absolute atomic E-state index is 0.0306. The van der Waals surface area contributed by atoms with E-state index in [4.69, 9.17) is 5.73 Å². The van der Waals surface area contributed by atoms with Crippen molar-refractivity contribution >= 4 is 17.3 Å². The highest BCUT2D eigenvalue weighted by atomic mass is 19.1. The number of nitrogens with one attached hydrogen (secondary N) is 1. The molecular weight excluding hydrogens is 227 g/mol. The van der Waals surface area contributed by atoms with E-state index >= 15 is 0 Å². The number of hydrogen-bond acceptors (Lipinski definition) is 5. The van der Waals surface area contributed by atoms with Gasteiger partial charge in [-0.15, -0.1) is 5.10 Å². The highest BCUT2D eigenvalue weighted by Gasteiger charge is 2.08. The smallest absolute Gasteiger partial charge is 0.246 e. The largest absolute Gasteiger partial charge is 0.399 e. The van der Waals surface area contributed by atoms with Gasteiger partial charge in [0.05, 0.1) is 5.69 Å². The van der Waals surface area contributed by atoms with Crippen LogP contribution in [0.2, 0.25) is 0 Å². The molecule has 3 N–H and O–H groups in total. The number of hydrogen-bond donors (Lipinski definition) is 2. The Bertz CT molecular complexity index is 526. The Kier molecular flexibility index (Phi) is 2.95. The first-order valence-electron chi connectivity index (χ1n) is 4.71. The maximum atomic E-state index is 13.3. The number of aromatic nitrogens is 4. The molecule has 7 nitrogen and oxygen atoms in total. The van der Waals surface area contributed by atoms with Crippen LogP contribution in [-0.4, -0.2) is 26.1 Å². The fourth-order valence-corrected chi connectivity index (χ4v) is 1.23. The van der Waals surface area contributed by atoms with Gasteiger partial charge in [0.15, 0.2) is 0 Å². The Morgan fingerprint density at radius 1 is 1.53 bits per heavy atom. The summed E-state index contributed by atoms with van der Waals surface area (Å²) in [5.41, 5.74) is 5.88. The second kappa shape index (κ2) is 4.56. The van der Waals surface area contributed by atoms with Gasteiger partial charge in [0.2, 0.25) is 5.91 Å². The van der Waals surface area contributed by atoms with E-state index in [2.05, 4.69) is 20.8 Å². The lowest BCUT2D eigenvalue weighted by atomic mass is 10.2. The van der Waals surface area contributed by atoms with Gasteiger partial charge in [-0.3, -0.25) is 4.79 Å². The molecule has 88 valence electrons. The number of amides is 1. The molecule has 1 amide bonds. The molecule has 0 aliphatic rings. The third-order valence-electron chi connectivity index (χ3n) is 1.96. The number of carbonyl (C=O) groups excluding carboxylic acids is 1. The summed E-state index contributed by atoms with van der Waals surface area (Å²) in [5.74, 6) is -0.994. The average molecular weight is 236 g/mol. The second-order valence-corrected chi connectivity index (χ2v) is 3.29. The standard InChI is InChI=1S/C9H9FN6O/c10-7-2-1-6(11)3-8(7)13-9(17)4-16-5-12-14-15-16/h1-3,5H,4,11H2,(H,13,17). The summed E-state index contributed by atoms with van der Waals surface area (Å²) < 4.78 is 14.5. The molecular formula is C9H9FN6O. The maximum absolute atomic E-state index is 13.3. The Balaban J connectivity index is 2.05. The molecule has 0 bridgehead atoms. The topological polar surface area (TPSA) is 98.7 Å². The van der Waals surface area contributed by atoms with Crippen LogP contribution in [0, 0.1) is 5.82 Å². The Morgan fingerprint density at radius 2 is 2.35 bits per heavy atom. The lowest BCUT2D eigenvalue weighted by Gasteiger charge is -2.06. The van der Waals surface area contributed by atoms with E-state index in [1.807, 2.05) is 0 Å². The highest BCUT2D eigenvalue weighted by Crippen LogP contribution is 2.17. The normalized spacial score (nSPS) is 10.2. The summed E-state index contributed by atoms with van der Waals surface area (Å²) in [7, 11) is 0. The summed E-state index contributed by atoms with van der Waals surface area (Å²) in [6.45, 7) is -0.0960. The van der Waals surface area contributed by atoms with Crippen LogP contribution in [0.15, 0.2) is 24.5 Å². The number of rotatable bonds is 3. The van der Waals surface area contributed by atoms with Crippen LogP contribution in [0.25, 0.3) is 0 Å². The van der Waals surface area contributed by atoms with Crippen molar-refractivity contribution in [2.45, 2.75) is 6.54 Å². The first-order chi connectivity index (χ1) is 8.15. The van der Waals surface area contributed by atoms with Crippen molar-refractivity contribution in [1.82, 2.24) is 20.2 Å². The van der Waals surface area contributed by atoms with Crippen LogP contribution in [-0.2, 0) is 11.3 Å². The fourth-order valence-electron chi connectivity index (χ4n) is 1.23. The average Bonchev–Trinajstić information content (AvgIpc) is 2.76. The summed E-state index contributed by atoms with van der Waals surface area (Å²) in [6, 6.07) is 3.93. The number of nitrogen functional groups attached to an aromatic ring is 1. The molecule has 1 aromatic heterocycles. The number of tetrazole rings is 1. The predicted octanol–water partition coefficient (Wildman–Crippen LogP) is 0.0331. The fraction of sp³-hybridized carbons (Fsp3) is 0.111. The first kappa shape index (κ1) is 11.0. The first-order valence-corrected chi connectivity index (χ1v) is 4.71. The van der Waals surface area contributed by atoms with Gasteiger partial charge in [-0.25, -0.2) is 9.07 Å². The van der Waals surface area contributed by atoms with Crippen molar-refractivity contribution in [3.05, 3.63) is 30.3 Å². The van der Waals surface area contributed by atoms with Crippen LogP contribution in [0.3, 0.4) is 0 Å². The van der Waals surface area contributed by atoms with Gasteiger partial charge in [-0.2, -0.15) is 0 Å². The molecule has 2 rings (SSSR count). The summed E-state index contributed by atoms with van der Waals surface area (Å²) in [5, 5.41) is 12.6. The Morgan fingerprint density at radius 3 is 3.06 bits per heavy atom. The molecule has 2 aromatic rings. The quantitative estimate of drug-likeness (QED) is 0.733. The third-order valence-corrected chi connectivity index (χ3v) is 1.96. The van der Waals surface area contributed by atoms with Gasteiger partial charge in [-0.05, 0) is 28.6 Å². The monoisotopic (exact) mass is 236 g/mol. The maximum Gasteiger partial charge on any atom is 0.246 e. The highest BCUT2D eigenvalue weighted by molar-refractivity contribution is 5.91. The molecule has 0 aliphatic carbocycles. The molecule has 0 unspecified atom stereocenters. The molecule has 1 aromatic carbocycles. The number of benzene rings is 1. The van der Waals surface area contributed by atoms with Gasteiger partial charge in [-0.1, -0.05) is 0 Å². The van der Waals surface area contributed by atoms with Crippen molar-refractivity contribution in [2.24, 2.45) is 0 Å². The Labute approximate surface area is 95.4 Å². The molecule has 0 saturated heterocycles. The van der Waals surface area contributed by atoms with Gasteiger partial charge < -0.3 is 11.1 Å². The minimum atomic E-state index is -0.552. The SMILES string of the molecule is Nc1ccc(F)c(NC(=O)Cn2cnnn2)c1. The molecule has 0 spiro atoms. The summed E-state index contributed by atoms with van der Waals surface area (Å²) >= 11 is 0. The minimum Gasteiger partial charge on any atom is -0.399 e. The van der Waals surface area contributed by atoms with E-state index in [-0.39, 0.29) is 12.2 Å². The van der Waals surface area contributed by atoms with Crippen molar-refractivity contribution in [3.63, 3.8) is 0 Å². The zero-order valence-electron chi connectivity index (χ0n) is 8.67. The zero-order valence-corrected chi connectivity index (χ0v) is 8.67. The van der Waals surface area contributed by atoms with Crippen LogP contribution in [0.5, 0.6) is 0 Å². The van der Waals surface area contributed by atoms with Crippen LogP contribution in [0.1, 0.15) is 0 Å². The van der Waals surface area contributed by atoms with Crippen molar-refractivity contribution < 1.29 is 9.18 Å². The zero-order chi connectivity index (χ0) is 12.3. The molecule has 0 fully saturated rings. The number of nitrogens with two attached hydrogens (primary N) is 1. The van der Waals surface area contributed by atoms with E-state index < -0.39 is 11.7 Å². The van der Waals surface area contributed by atoms with E-state index in [1.165, 1.54) is 29.2 Å². The van der Waals surface area contributed by atoms with Crippen LogP contribution in [0.4, 0.5) is 15.8 Å². The van der Waals surface area contributed by atoms with E-state index in [0.29, 0.717) is 5.69 Å². The molecule has 17 heavy (non-hydrogen) atoms. The van der Waals surface area contributed by atoms with Crippen LogP contribution >= 0.6 is 0 Å². The van der Waals surface area contributed by atoms with Crippen molar-refractivity contribution in [3.8, 4) is 0 Å². The number of anilines is 2. The van der Waals surface area contributed by atoms with Gasteiger partial charge in [0, 0.05) is 5.69 Å². The van der Waals surface area contributed by atoms with E-state index in [1.54, 1.807) is 0 Å². The van der Waals surface area contributed by atoms with E-state index in [0.717, 1.165) is 0 Å². The lowest BCUT2D eigenvalue weighted by molar-refractivity contribution is -0.116. The van der Waals surface area contributed by atoms with E-state index in [9.17, 15) is 9.18 Å². The van der Waals surface area contributed by atoms with Gasteiger partial charge >= 0.3 is 0 Å². The molecule has 0 atom stereocenters. The molecule has 0 radical (unpaired) electrons. The third kappa shape index (κ3) is 2.74. The second-order valence-electron chi connectivity index (χ2n) is 3.29.